The van der Waals surface area contributed by atoms with Crippen LogP contribution in [-0.2, 0) is 9.53 Å². The molecule has 3 N–H and O–H groups in total. The van der Waals surface area contributed by atoms with Gasteiger partial charge in [0.1, 0.15) is 10.5 Å². The molecular weight excluding hydrogens is 298 g/mol. The molecule has 1 aliphatic heterocycles. The van der Waals surface area contributed by atoms with E-state index in [9.17, 15) is 4.79 Å². The second kappa shape index (κ2) is 5.28. The van der Waals surface area contributed by atoms with Crippen LogP contribution in [0.15, 0.2) is 6.20 Å². The van der Waals surface area contributed by atoms with Crippen molar-refractivity contribution in [3.8, 4) is 0 Å². The monoisotopic (exact) mass is 323 g/mol. The first kappa shape index (κ1) is 15.9. The van der Waals surface area contributed by atoms with E-state index in [1.807, 2.05) is 33.9 Å². The fourth-order valence-electron chi connectivity index (χ4n) is 3.99. The summed E-state index contributed by atoms with van der Waals surface area (Å²) in [7, 11) is 0. The molecule has 6 heteroatoms. The Morgan fingerprint density at radius 1 is 1.59 bits per heavy atom. The molecule has 2 heterocycles. The number of carbonyl (C=O) groups is 1. The van der Waals surface area contributed by atoms with Gasteiger partial charge in [-0.15, -0.1) is 11.3 Å². The Hall–Kier alpha value is -0.980. The minimum Gasteiger partial charge on any atom is -0.377 e. The molecule has 1 amide bonds. The number of fused-ring (bicyclic) bond motifs is 1. The summed E-state index contributed by atoms with van der Waals surface area (Å²) in [5, 5.41) is 3.99. The number of nitrogens with two attached hydrogens (primary N) is 1. The average Bonchev–Trinajstić information content (AvgIpc) is 2.93. The number of carbonyl (C=O) groups excluding carboxylic acids is 1. The predicted molar refractivity (Wildman–Crippen MR) is 86.6 cm³/mol. The van der Waals surface area contributed by atoms with Gasteiger partial charge in [-0.2, -0.15) is 0 Å². The van der Waals surface area contributed by atoms with Gasteiger partial charge >= 0.3 is 0 Å². The Kier molecular flexibility index (Phi) is 3.82. The number of amides is 1. The summed E-state index contributed by atoms with van der Waals surface area (Å²) in [5.74, 6) is 0.0334. The summed E-state index contributed by atoms with van der Waals surface area (Å²) in [6, 6.07) is -0.119. The largest absolute Gasteiger partial charge is 0.377 e. The van der Waals surface area contributed by atoms with Crippen molar-refractivity contribution in [3.05, 3.63) is 16.1 Å². The van der Waals surface area contributed by atoms with Gasteiger partial charge in [-0.3, -0.25) is 4.79 Å². The Bertz CT molecular complexity index is 586. The van der Waals surface area contributed by atoms with Crippen molar-refractivity contribution in [1.82, 2.24) is 10.3 Å². The van der Waals surface area contributed by atoms with Crippen molar-refractivity contribution in [2.45, 2.75) is 58.2 Å². The van der Waals surface area contributed by atoms with E-state index in [1.54, 1.807) is 11.3 Å². The van der Waals surface area contributed by atoms with Gasteiger partial charge in [0.05, 0.1) is 12.1 Å². The maximum atomic E-state index is 12.9. The van der Waals surface area contributed by atoms with Gasteiger partial charge in [-0.05, 0) is 26.7 Å². The molecule has 1 aliphatic carbocycles. The zero-order chi connectivity index (χ0) is 16.1. The molecule has 1 aromatic rings. The van der Waals surface area contributed by atoms with E-state index in [-0.39, 0.29) is 29.4 Å². The minimum atomic E-state index is -0.862. The Labute approximate surface area is 135 Å². The van der Waals surface area contributed by atoms with E-state index in [0.29, 0.717) is 0 Å². The molecule has 0 radical (unpaired) electrons. The minimum absolute atomic E-state index is 0.0791. The molecular formula is C16H25N3O2S. The second-order valence-electron chi connectivity index (χ2n) is 7.14. The van der Waals surface area contributed by atoms with Crippen molar-refractivity contribution in [2.24, 2.45) is 17.1 Å². The molecule has 5 nitrogen and oxygen atoms in total. The Morgan fingerprint density at radius 2 is 2.32 bits per heavy atom. The standard InChI is InChI=1S/C16H25N3O2S/c1-9-8-18-13(22-9)10(2)19-14(20)16(17)11-6-5-7-21-12(11)15(16,3)4/h8,10-12H,5-7,17H2,1-4H3,(H,19,20). The second-order valence-corrected chi connectivity index (χ2v) is 8.40. The topological polar surface area (TPSA) is 77.2 Å². The van der Waals surface area contributed by atoms with Gasteiger partial charge in [0, 0.05) is 29.0 Å². The third-order valence-corrected chi connectivity index (χ3v) is 6.51. The molecule has 0 bridgehead atoms. The van der Waals surface area contributed by atoms with E-state index >= 15 is 0 Å². The number of aryl methyl sites for hydroxylation is 1. The summed E-state index contributed by atoms with van der Waals surface area (Å²) < 4.78 is 5.86. The molecule has 1 saturated carbocycles. The van der Waals surface area contributed by atoms with Crippen molar-refractivity contribution in [2.75, 3.05) is 6.61 Å². The van der Waals surface area contributed by atoms with Gasteiger partial charge in [0.2, 0.25) is 5.91 Å². The highest BCUT2D eigenvalue weighted by Gasteiger charge is 2.70. The third kappa shape index (κ3) is 2.12. The van der Waals surface area contributed by atoms with Crippen LogP contribution < -0.4 is 11.1 Å². The first-order chi connectivity index (χ1) is 10.3. The first-order valence-corrected chi connectivity index (χ1v) is 8.74. The normalized spacial score (nSPS) is 34.4. The molecule has 2 aliphatic rings. The number of hydrogen-bond donors (Lipinski definition) is 2. The van der Waals surface area contributed by atoms with Crippen LogP contribution in [0.4, 0.5) is 0 Å². The molecule has 122 valence electrons. The summed E-state index contributed by atoms with van der Waals surface area (Å²) in [6.45, 7) is 8.82. The van der Waals surface area contributed by atoms with E-state index in [1.165, 1.54) is 0 Å². The van der Waals surface area contributed by atoms with E-state index < -0.39 is 5.54 Å². The third-order valence-electron chi connectivity index (χ3n) is 5.42. The maximum absolute atomic E-state index is 12.9. The molecule has 4 unspecified atom stereocenters. The number of rotatable bonds is 3. The van der Waals surface area contributed by atoms with Crippen LogP contribution in [0.5, 0.6) is 0 Å². The summed E-state index contributed by atoms with van der Waals surface area (Å²) >= 11 is 1.61. The number of nitrogens with zero attached hydrogens (tertiary/aromatic N) is 1. The Balaban J connectivity index is 1.76. The molecule has 22 heavy (non-hydrogen) atoms. The molecule has 0 aromatic carbocycles. The van der Waals surface area contributed by atoms with Crippen LogP contribution in [0, 0.1) is 18.3 Å². The lowest BCUT2D eigenvalue weighted by Crippen LogP contribution is -2.82. The fraction of sp³-hybridized carbons (Fsp3) is 0.750. The number of ether oxygens (including phenoxy) is 1. The zero-order valence-corrected chi connectivity index (χ0v) is 14.5. The highest BCUT2D eigenvalue weighted by Crippen LogP contribution is 2.57. The van der Waals surface area contributed by atoms with Gasteiger partial charge in [0.25, 0.3) is 0 Å². The lowest BCUT2D eigenvalue weighted by Gasteiger charge is -2.65. The summed E-state index contributed by atoms with van der Waals surface area (Å²) in [5.41, 5.74) is 5.39. The van der Waals surface area contributed by atoms with Crippen LogP contribution in [0.2, 0.25) is 0 Å². The molecule has 1 saturated heterocycles. The average molecular weight is 323 g/mol. The van der Waals surface area contributed by atoms with Crippen LogP contribution >= 0.6 is 11.3 Å². The Morgan fingerprint density at radius 3 is 2.95 bits per heavy atom. The number of thiazole rings is 1. The van der Waals surface area contributed by atoms with Crippen LogP contribution in [0.25, 0.3) is 0 Å². The van der Waals surface area contributed by atoms with Gasteiger partial charge in [-0.25, -0.2) is 4.98 Å². The quantitative estimate of drug-likeness (QED) is 0.893. The van der Waals surface area contributed by atoms with Crippen molar-refractivity contribution >= 4 is 17.2 Å². The molecule has 4 atom stereocenters. The molecule has 2 fully saturated rings. The van der Waals surface area contributed by atoms with Crippen LogP contribution in [0.1, 0.15) is 49.5 Å². The lowest BCUT2D eigenvalue weighted by molar-refractivity contribution is -0.225. The van der Waals surface area contributed by atoms with Gasteiger partial charge in [0.15, 0.2) is 0 Å². The van der Waals surface area contributed by atoms with Crippen molar-refractivity contribution in [3.63, 3.8) is 0 Å². The van der Waals surface area contributed by atoms with Gasteiger partial charge in [-0.1, -0.05) is 13.8 Å². The predicted octanol–water partition coefficient (Wildman–Crippen LogP) is 2.16. The van der Waals surface area contributed by atoms with E-state index in [2.05, 4.69) is 10.3 Å². The van der Waals surface area contributed by atoms with Crippen molar-refractivity contribution < 1.29 is 9.53 Å². The molecule has 1 aromatic heterocycles. The molecule has 0 spiro atoms. The number of nitrogens with one attached hydrogen (secondary N) is 1. The van der Waals surface area contributed by atoms with E-state index in [0.717, 1.165) is 29.3 Å². The zero-order valence-electron chi connectivity index (χ0n) is 13.7. The highest BCUT2D eigenvalue weighted by atomic mass is 32.1. The summed E-state index contributed by atoms with van der Waals surface area (Å²) in [6.07, 6.45) is 3.86. The lowest BCUT2D eigenvalue weighted by atomic mass is 9.46. The van der Waals surface area contributed by atoms with Crippen LogP contribution in [-0.4, -0.2) is 29.1 Å². The fourth-order valence-corrected chi connectivity index (χ4v) is 4.76. The van der Waals surface area contributed by atoms with E-state index in [4.69, 9.17) is 10.5 Å². The van der Waals surface area contributed by atoms with Gasteiger partial charge < -0.3 is 15.8 Å². The first-order valence-electron chi connectivity index (χ1n) is 7.92. The maximum Gasteiger partial charge on any atom is 0.241 e. The SMILES string of the molecule is Cc1cnc(C(C)NC(=O)C2(N)C3CCCOC3C2(C)C)s1. The molecule has 3 rings (SSSR count). The number of hydrogen-bond acceptors (Lipinski definition) is 5. The summed E-state index contributed by atoms with van der Waals surface area (Å²) in [4.78, 5) is 18.4. The smallest absolute Gasteiger partial charge is 0.241 e. The number of aromatic nitrogens is 1. The van der Waals surface area contributed by atoms with Crippen LogP contribution in [0.3, 0.4) is 0 Å². The highest BCUT2D eigenvalue weighted by molar-refractivity contribution is 7.11. The van der Waals surface area contributed by atoms with Crippen molar-refractivity contribution in [1.29, 1.82) is 0 Å².